The SMILES string of the molecule is CN=C(NCCCn1cccn1)NCC1(N2CCOCC2)CCCCC1. The van der Waals surface area contributed by atoms with Gasteiger partial charge in [-0.05, 0) is 25.3 Å². The van der Waals surface area contributed by atoms with Crippen LogP contribution in [0.1, 0.15) is 38.5 Å². The molecule has 0 atom stereocenters. The molecule has 0 amide bonds. The van der Waals surface area contributed by atoms with Crippen molar-refractivity contribution >= 4 is 5.96 Å². The van der Waals surface area contributed by atoms with Gasteiger partial charge in [0.25, 0.3) is 0 Å². The van der Waals surface area contributed by atoms with Crippen LogP contribution in [0.3, 0.4) is 0 Å². The molecular weight excluding hydrogens is 328 g/mol. The van der Waals surface area contributed by atoms with Crippen molar-refractivity contribution in [2.24, 2.45) is 4.99 Å². The lowest BCUT2D eigenvalue weighted by molar-refractivity contribution is -0.0352. The van der Waals surface area contributed by atoms with Crippen LogP contribution in [-0.2, 0) is 11.3 Å². The monoisotopic (exact) mass is 362 g/mol. The zero-order valence-corrected chi connectivity index (χ0v) is 16.1. The van der Waals surface area contributed by atoms with Crippen LogP contribution in [0.15, 0.2) is 23.5 Å². The number of nitrogens with one attached hydrogen (secondary N) is 2. The van der Waals surface area contributed by atoms with Crippen LogP contribution in [0.5, 0.6) is 0 Å². The van der Waals surface area contributed by atoms with E-state index in [4.69, 9.17) is 4.74 Å². The summed E-state index contributed by atoms with van der Waals surface area (Å²) in [4.78, 5) is 7.07. The molecule has 1 saturated heterocycles. The normalized spacial score (nSPS) is 21.5. The number of hydrogen-bond acceptors (Lipinski definition) is 4. The maximum Gasteiger partial charge on any atom is 0.191 e. The zero-order valence-electron chi connectivity index (χ0n) is 16.1. The summed E-state index contributed by atoms with van der Waals surface area (Å²) in [6.45, 7) is 6.62. The van der Waals surface area contributed by atoms with Crippen LogP contribution in [0.4, 0.5) is 0 Å². The Bertz CT molecular complexity index is 532. The van der Waals surface area contributed by atoms with Gasteiger partial charge in [0.1, 0.15) is 0 Å². The van der Waals surface area contributed by atoms with Gasteiger partial charge in [-0.25, -0.2) is 0 Å². The summed E-state index contributed by atoms with van der Waals surface area (Å²) in [7, 11) is 1.85. The van der Waals surface area contributed by atoms with Crippen molar-refractivity contribution in [1.29, 1.82) is 0 Å². The molecule has 1 saturated carbocycles. The fourth-order valence-electron chi connectivity index (χ4n) is 4.20. The molecule has 7 nitrogen and oxygen atoms in total. The van der Waals surface area contributed by atoms with E-state index in [9.17, 15) is 0 Å². The van der Waals surface area contributed by atoms with E-state index in [1.807, 2.05) is 30.2 Å². The minimum Gasteiger partial charge on any atom is -0.379 e. The van der Waals surface area contributed by atoms with E-state index in [-0.39, 0.29) is 5.54 Å². The molecule has 2 fully saturated rings. The fourth-order valence-corrected chi connectivity index (χ4v) is 4.20. The van der Waals surface area contributed by atoms with Crippen LogP contribution >= 0.6 is 0 Å². The second-order valence-electron chi connectivity index (χ2n) is 7.36. The Morgan fingerprint density at radius 2 is 2.00 bits per heavy atom. The highest BCUT2D eigenvalue weighted by Crippen LogP contribution is 2.33. The van der Waals surface area contributed by atoms with Crippen molar-refractivity contribution in [3.8, 4) is 0 Å². The smallest absolute Gasteiger partial charge is 0.191 e. The van der Waals surface area contributed by atoms with Crippen LogP contribution in [0.2, 0.25) is 0 Å². The highest BCUT2D eigenvalue weighted by Gasteiger charge is 2.38. The first-order chi connectivity index (χ1) is 12.8. The standard InChI is InChI=1S/C19H34N6O/c1-20-18(21-9-5-11-25-12-6-10-23-25)22-17-19(7-3-2-4-8-19)24-13-15-26-16-14-24/h6,10,12H,2-5,7-9,11,13-17H2,1H3,(H2,20,21,22). The molecular formula is C19H34N6O. The highest BCUT2D eigenvalue weighted by molar-refractivity contribution is 5.79. The molecule has 0 spiro atoms. The van der Waals surface area contributed by atoms with Crippen molar-refractivity contribution in [2.75, 3.05) is 46.4 Å². The Balaban J connectivity index is 1.46. The molecule has 2 aliphatic rings. The number of aromatic nitrogens is 2. The molecule has 26 heavy (non-hydrogen) atoms. The van der Waals surface area contributed by atoms with Gasteiger partial charge in [-0.1, -0.05) is 19.3 Å². The van der Waals surface area contributed by atoms with Gasteiger partial charge in [-0.15, -0.1) is 0 Å². The molecule has 2 heterocycles. The van der Waals surface area contributed by atoms with E-state index in [0.29, 0.717) is 0 Å². The van der Waals surface area contributed by atoms with Gasteiger partial charge in [0.05, 0.1) is 13.2 Å². The number of aliphatic imine (C=N–C) groups is 1. The number of rotatable bonds is 7. The predicted molar refractivity (Wildman–Crippen MR) is 104 cm³/mol. The summed E-state index contributed by atoms with van der Waals surface area (Å²) in [5.74, 6) is 0.906. The third-order valence-corrected chi connectivity index (χ3v) is 5.69. The van der Waals surface area contributed by atoms with Crippen molar-refractivity contribution in [3.05, 3.63) is 18.5 Å². The molecule has 1 aromatic rings. The van der Waals surface area contributed by atoms with Crippen molar-refractivity contribution in [2.45, 2.75) is 50.6 Å². The van der Waals surface area contributed by atoms with Crippen LogP contribution < -0.4 is 10.6 Å². The first-order valence-corrected chi connectivity index (χ1v) is 10.1. The number of guanidine groups is 1. The first kappa shape index (κ1) is 19.2. The number of nitrogens with zero attached hydrogens (tertiary/aromatic N) is 4. The van der Waals surface area contributed by atoms with Crippen LogP contribution in [0, 0.1) is 0 Å². The van der Waals surface area contributed by atoms with E-state index in [0.717, 1.165) is 58.3 Å². The molecule has 3 rings (SSSR count). The van der Waals surface area contributed by atoms with Gasteiger partial charge in [-0.3, -0.25) is 14.6 Å². The van der Waals surface area contributed by atoms with E-state index in [2.05, 4.69) is 25.6 Å². The molecule has 1 aromatic heterocycles. The van der Waals surface area contributed by atoms with E-state index in [1.165, 1.54) is 32.1 Å². The van der Waals surface area contributed by atoms with Gasteiger partial charge in [0.15, 0.2) is 5.96 Å². The second-order valence-corrected chi connectivity index (χ2v) is 7.36. The average Bonchev–Trinajstić information content (AvgIpc) is 3.22. The Labute approximate surface area is 157 Å². The number of hydrogen-bond donors (Lipinski definition) is 2. The lowest BCUT2D eigenvalue weighted by atomic mass is 9.80. The van der Waals surface area contributed by atoms with Crippen molar-refractivity contribution in [3.63, 3.8) is 0 Å². The number of aryl methyl sites for hydroxylation is 1. The minimum absolute atomic E-state index is 0.259. The minimum atomic E-state index is 0.259. The van der Waals surface area contributed by atoms with Gasteiger partial charge >= 0.3 is 0 Å². The molecule has 2 N–H and O–H groups in total. The summed E-state index contributed by atoms with van der Waals surface area (Å²) >= 11 is 0. The Kier molecular flexibility index (Phi) is 7.32. The van der Waals surface area contributed by atoms with E-state index < -0.39 is 0 Å². The zero-order chi connectivity index (χ0) is 18.1. The Morgan fingerprint density at radius 3 is 2.69 bits per heavy atom. The maximum atomic E-state index is 5.57. The molecule has 1 aliphatic heterocycles. The quantitative estimate of drug-likeness (QED) is 0.437. The number of morpholine rings is 1. The summed E-state index contributed by atoms with van der Waals surface area (Å²) < 4.78 is 7.54. The first-order valence-electron chi connectivity index (χ1n) is 10.1. The van der Waals surface area contributed by atoms with E-state index in [1.54, 1.807) is 0 Å². The Hall–Kier alpha value is -1.60. The summed E-state index contributed by atoms with van der Waals surface area (Å²) in [5.41, 5.74) is 0.259. The highest BCUT2D eigenvalue weighted by atomic mass is 16.5. The lowest BCUT2D eigenvalue weighted by Gasteiger charge is -2.48. The van der Waals surface area contributed by atoms with Gasteiger partial charge in [0.2, 0.25) is 0 Å². The average molecular weight is 363 g/mol. The topological polar surface area (TPSA) is 66.7 Å². The molecule has 0 aromatic carbocycles. The lowest BCUT2D eigenvalue weighted by Crippen LogP contribution is -2.60. The van der Waals surface area contributed by atoms with E-state index >= 15 is 0 Å². The molecule has 146 valence electrons. The molecule has 0 unspecified atom stereocenters. The summed E-state index contributed by atoms with van der Waals surface area (Å²) in [6, 6.07) is 1.96. The predicted octanol–water partition coefficient (Wildman–Crippen LogP) is 1.47. The fraction of sp³-hybridized carbons (Fsp3) is 0.789. The van der Waals surface area contributed by atoms with Gasteiger partial charge in [-0.2, -0.15) is 5.10 Å². The van der Waals surface area contributed by atoms with Gasteiger partial charge < -0.3 is 15.4 Å². The second kappa shape index (κ2) is 9.92. The van der Waals surface area contributed by atoms with Crippen molar-refractivity contribution in [1.82, 2.24) is 25.3 Å². The summed E-state index contributed by atoms with van der Waals surface area (Å²) in [5, 5.41) is 11.3. The van der Waals surface area contributed by atoms with Crippen LogP contribution in [-0.4, -0.2) is 72.6 Å². The third-order valence-electron chi connectivity index (χ3n) is 5.69. The van der Waals surface area contributed by atoms with Crippen LogP contribution in [0.25, 0.3) is 0 Å². The third kappa shape index (κ3) is 5.20. The molecule has 0 radical (unpaired) electrons. The van der Waals surface area contributed by atoms with Gasteiger partial charge in [0, 0.05) is 57.7 Å². The largest absolute Gasteiger partial charge is 0.379 e. The van der Waals surface area contributed by atoms with Crippen molar-refractivity contribution < 1.29 is 4.74 Å². The molecule has 7 heteroatoms. The Morgan fingerprint density at radius 1 is 1.19 bits per heavy atom. The maximum absolute atomic E-state index is 5.57. The summed E-state index contributed by atoms with van der Waals surface area (Å²) in [6.07, 6.45) is 11.4. The molecule has 1 aliphatic carbocycles. The molecule has 0 bridgehead atoms. The number of ether oxygens (including phenoxy) is 1.